The van der Waals surface area contributed by atoms with Gasteiger partial charge in [0.05, 0.1) is 19.2 Å². The van der Waals surface area contributed by atoms with Gasteiger partial charge in [0, 0.05) is 18.2 Å². The van der Waals surface area contributed by atoms with Crippen molar-refractivity contribution < 1.29 is 22.7 Å². The Balaban J connectivity index is 1.79. The number of hydrogen-bond acceptors (Lipinski definition) is 6. The first-order chi connectivity index (χ1) is 13.9. The van der Waals surface area contributed by atoms with Gasteiger partial charge in [-0.05, 0) is 31.2 Å². The van der Waals surface area contributed by atoms with Crippen molar-refractivity contribution in [3.63, 3.8) is 0 Å². The van der Waals surface area contributed by atoms with Gasteiger partial charge in [-0.15, -0.1) is 5.10 Å². The van der Waals surface area contributed by atoms with E-state index in [1.807, 2.05) is 0 Å². The minimum Gasteiger partial charge on any atom is -0.462 e. The summed E-state index contributed by atoms with van der Waals surface area (Å²) in [5.74, 6) is -1.68. The van der Waals surface area contributed by atoms with E-state index in [9.17, 15) is 18.0 Å². The smallest absolute Gasteiger partial charge is 0.345 e. The first kappa shape index (κ1) is 19.0. The van der Waals surface area contributed by atoms with E-state index in [2.05, 4.69) is 10.1 Å². The number of esters is 1. The number of nitrogens with zero attached hydrogens (tertiary/aromatic N) is 4. The maximum absolute atomic E-state index is 14.3. The van der Waals surface area contributed by atoms with Gasteiger partial charge in [0.25, 0.3) is 0 Å². The van der Waals surface area contributed by atoms with Crippen LogP contribution in [-0.2, 0) is 4.74 Å². The average molecular weight is 405 g/mol. The fraction of sp³-hybridized carbons (Fsp3) is 0.316. The van der Waals surface area contributed by atoms with Crippen LogP contribution in [0.2, 0.25) is 0 Å². The first-order valence-corrected chi connectivity index (χ1v) is 9.06. The summed E-state index contributed by atoms with van der Waals surface area (Å²) in [7, 11) is 0. The number of aromatic nitrogens is 3. The number of carbonyl (C=O) groups excluding carboxylic acids is 1. The summed E-state index contributed by atoms with van der Waals surface area (Å²) in [6.45, 7) is 1.75. The summed E-state index contributed by atoms with van der Waals surface area (Å²) in [6, 6.07) is 3.89. The molecule has 1 saturated heterocycles. The maximum Gasteiger partial charge on any atom is 0.345 e. The molecule has 2 atom stereocenters. The highest BCUT2D eigenvalue weighted by Crippen LogP contribution is 2.38. The molecule has 152 valence electrons. The number of alkyl halides is 1. The molecule has 3 heterocycles. The molecule has 0 amide bonds. The van der Waals surface area contributed by atoms with Crippen LogP contribution >= 0.6 is 0 Å². The summed E-state index contributed by atoms with van der Waals surface area (Å²) in [5, 5.41) is 4.03. The number of carbonyl (C=O) groups is 1. The monoisotopic (exact) mass is 405 g/mol. The van der Waals surface area contributed by atoms with Crippen LogP contribution in [0, 0.1) is 11.6 Å². The Hall–Kier alpha value is -3.30. The third-order valence-electron chi connectivity index (χ3n) is 4.84. The van der Waals surface area contributed by atoms with Crippen LogP contribution in [0.3, 0.4) is 0 Å². The van der Waals surface area contributed by atoms with Crippen LogP contribution in [0.1, 0.15) is 35.3 Å². The lowest BCUT2D eigenvalue weighted by Gasteiger charge is -2.26. The van der Waals surface area contributed by atoms with Gasteiger partial charge >= 0.3 is 5.97 Å². The maximum atomic E-state index is 14.3. The standard InChI is InChI=1S/C19H18F3N5O2/c1-2-29-19(28)16-17(23)25-27-6-5-15(24-18(16)27)26-9-11(21)8-14(26)12-7-10(20)3-4-13(12)22/h3-7,11,14H,2,8-9H2,1H3,(H2,23,25). The lowest BCUT2D eigenvalue weighted by molar-refractivity contribution is 0.0529. The molecule has 1 aliphatic rings. The third kappa shape index (κ3) is 3.34. The largest absolute Gasteiger partial charge is 0.462 e. The zero-order valence-corrected chi connectivity index (χ0v) is 15.5. The lowest BCUT2D eigenvalue weighted by atomic mass is 10.0. The Kier molecular flexibility index (Phi) is 4.77. The molecule has 10 heteroatoms. The van der Waals surface area contributed by atoms with Gasteiger partial charge in [0.15, 0.2) is 11.5 Å². The van der Waals surface area contributed by atoms with Crippen molar-refractivity contribution in [1.82, 2.24) is 14.6 Å². The van der Waals surface area contributed by atoms with Gasteiger partial charge in [-0.2, -0.15) is 0 Å². The molecule has 29 heavy (non-hydrogen) atoms. The van der Waals surface area contributed by atoms with Crippen molar-refractivity contribution in [2.75, 3.05) is 23.8 Å². The van der Waals surface area contributed by atoms with Gasteiger partial charge < -0.3 is 15.4 Å². The normalized spacial score (nSPS) is 19.1. The molecule has 3 aromatic rings. The van der Waals surface area contributed by atoms with Gasteiger partial charge in [0.1, 0.15) is 29.2 Å². The van der Waals surface area contributed by atoms with Crippen molar-refractivity contribution in [2.24, 2.45) is 0 Å². The molecule has 2 aromatic heterocycles. The molecule has 7 nitrogen and oxygen atoms in total. The SMILES string of the molecule is CCOC(=O)c1c(N)nn2ccc(N3CC(F)CC3c3cc(F)ccc3F)nc12. The van der Waals surface area contributed by atoms with E-state index in [0.29, 0.717) is 0 Å². The zero-order chi connectivity index (χ0) is 20.7. The number of benzene rings is 1. The predicted molar refractivity (Wildman–Crippen MR) is 99.3 cm³/mol. The van der Waals surface area contributed by atoms with E-state index in [0.717, 1.165) is 18.2 Å². The highest BCUT2D eigenvalue weighted by molar-refractivity contribution is 6.00. The minimum atomic E-state index is -1.25. The summed E-state index contributed by atoms with van der Waals surface area (Å²) in [6.07, 6.45) is 0.251. The Labute approximate surface area is 163 Å². The summed E-state index contributed by atoms with van der Waals surface area (Å²) in [5.41, 5.74) is 6.01. The molecule has 0 bridgehead atoms. The molecular weight excluding hydrogens is 387 g/mol. The minimum absolute atomic E-state index is 0.00168. The molecule has 0 radical (unpaired) electrons. The van der Waals surface area contributed by atoms with Crippen LogP contribution < -0.4 is 10.6 Å². The molecule has 0 saturated carbocycles. The molecular formula is C19H18F3N5O2. The van der Waals surface area contributed by atoms with Gasteiger partial charge in [-0.25, -0.2) is 27.5 Å². The number of hydrogen-bond donors (Lipinski definition) is 1. The van der Waals surface area contributed by atoms with Gasteiger partial charge in [-0.1, -0.05) is 0 Å². The second kappa shape index (κ2) is 7.26. The fourth-order valence-electron chi connectivity index (χ4n) is 3.60. The number of nitrogens with two attached hydrogens (primary N) is 1. The predicted octanol–water partition coefficient (Wildman–Crippen LogP) is 3.06. The van der Waals surface area contributed by atoms with E-state index < -0.39 is 29.8 Å². The van der Waals surface area contributed by atoms with Crippen molar-refractivity contribution in [2.45, 2.75) is 25.6 Å². The van der Waals surface area contributed by atoms with Crippen LogP contribution in [0.4, 0.5) is 24.8 Å². The van der Waals surface area contributed by atoms with E-state index in [1.54, 1.807) is 17.9 Å². The van der Waals surface area contributed by atoms with E-state index in [4.69, 9.17) is 10.5 Å². The summed E-state index contributed by atoms with van der Waals surface area (Å²) < 4.78 is 48.6. The molecule has 1 aliphatic heterocycles. The quantitative estimate of drug-likeness (QED) is 0.672. The van der Waals surface area contributed by atoms with Crippen LogP contribution in [0.15, 0.2) is 30.5 Å². The molecule has 2 unspecified atom stereocenters. The molecule has 1 aromatic carbocycles. The second-order valence-electron chi connectivity index (χ2n) is 6.70. The van der Waals surface area contributed by atoms with Crippen molar-refractivity contribution in [3.8, 4) is 0 Å². The van der Waals surface area contributed by atoms with E-state index in [1.165, 1.54) is 10.7 Å². The topological polar surface area (TPSA) is 85.8 Å². The average Bonchev–Trinajstić information content (AvgIpc) is 3.22. The molecule has 4 rings (SSSR count). The van der Waals surface area contributed by atoms with Crippen LogP contribution in [-0.4, -0.2) is 39.9 Å². The highest BCUT2D eigenvalue weighted by atomic mass is 19.1. The lowest BCUT2D eigenvalue weighted by Crippen LogP contribution is -2.25. The number of ether oxygens (including phenoxy) is 1. The van der Waals surface area contributed by atoms with Gasteiger partial charge in [-0.3, -0.25) is 0 Å². The number of halogens is 3. The third-order valence-corrected chi connectivity index (χ3v) is 4.84. The Morgan fingerprint density at radius 3 is 2.90 bits per heavy atom. The number of rotatable bonds is 4. The van der Waals surface area contributed by atoms with Crippen molar-refractivity contribution in [3.05, 3.63) is 53.2 Å². The number of fused-ring (bicyclic) bond motifs is 1. The highest BCUT2D eigenvalue weighted by Gasteiger charge is 2.36. The Morgan fingerprint density at radius 2 is 2.14 bits per heavy atom. The molecule has 2 N–H and O–H groups in total. The van der Waals surface area contributed by atoms with Crippen molar-refractivity contribution in [1.29, 1.82) is 0 Å². The van der Waals surface area contributed by atoms with Crippen molar-refractivity contribution >= 4 is 23.3 Å². The van der Waals surface area contributed by atoms with Crippen LogP contribution in [0.25, 0.3) is 5.65 Å². The molecule has 0 aliphatic carbocycles. The fourth-order valence-corrected chi connectivity index (χ4v) is 3.60. The van der Waals surface area contributed by atoms with E-state index >= 15 is 0 Å². The number of anilines is 2. The summed E-state index contributed by atoms with van der Waals surface area (Å²) >= 11 is 0. The Morgan fingerprint density at radius 1 is 1.34 bits per heavy atom. The first-order valence-electron chi connectivity index (χ1n) is 9.06. The van der Waals surface area contributed by atoms with Crippen LogP contribution in [0.5, 0.6) is 0 Å². The zero-order valence-electron chi connectivity index (χ0n) is 15.5. The number of nitrogen functional groups attached to an aromatic ring is 1. The second-order valence-corrected chi connectivity index (χ2v) is 6.70. The summed E-state index contributed by atoms with van der Waals surface area (Å²) in [4.78, 5) is 18.2. The Bertz CT molecular complexity index is 1090. The van der Waals surface area contributed by atoms with Gasteiger partial charge in [0.2, 0.25) is 0 Å². The molecule has 1 fully saturated rings. The molecule has 0 spiro atoms. The van der Waals surface area contributed by atoms with E-state index in [-0.39, 0.29) is 48.0 Å².